The number of ketones is 2. The largest absolute Gasteiger partial charge is 0.321 e. The van der Waals surface area contributed by atoms with Gasteiger partial charge in [-0.15, -0.1) is 0 Å². The van der Waals surface area contributed by atoms with Crippen molar-refractivity contribution in [3.05, 3.63) is 68.8 Å². The second-order valence-electron chi connectivity index (χ2n) is 5.03. The molecule has 0 atom stereocenters. The highest BCUT2D eigenvalue weighted by Crippen LogP contribution is 2.37. The van der Waals surface area contributed by atoms with E-state index in [0.717, 1.165) is 0 Å². The number of carbonyl (C=O) groups is 3. The Balaban J connectivity index is 2.32. The number of amides is 1. The number of carbonyl (C=O) groups excluding carboxylic acids is 3. The molecular weight excluding hydrogens is 300 g/mol. The maximum absolute atomic E-state index is 12.6. The molecule has 0 aliphatic heterocycles. The first kappa shape index (κ1) is 14.6. The van der Waals surface area contributed by atoms with E-state index in [1.807, 2.05) is 0 Å². The summed E-state index contributed by atoms with van der Waals surface area (Å²) >= 11 is 0. The predicted molar refractivity (Wildman–Crippen MR) is 80.7 cm³/mol. The Hall–Kier alpha value is -3.35. The van der Waals surface area contributed by atoms with Gasteiger partial charge in [-0.2, -0.15) is 0 Å². The molecule has 3 rings (SSSR count). The number of benzene rings is 2. The predicted octanol–water partition coefficient (Wildman–Crippen LogP) is 2.33. The topological polar surface area (TPSA) is 106 Å². The van der Waals surface area contributed by atoms with E-state index in [0.29, 0.717) is 0 Å². The lowest BCUT2D eigenvalue weighted by atomic mass is 9.83. The summed E-state index contributed by atoms with van der Waals surface area (Å²) < 4.78 is 0. The van der Waals surface area contributed by atoms with Crippen molar-refractivity contribution in [3.63, 3.8) is 0 Å². The SMILES string of the molecule is CC(=O)Nc1ccc2c(c1[N+](=O)[O-])C(=O)c1ccccc1C2=O. The molecule has 2 aromatic carbocycles. The van der Waals surface area contributed by atoms with E-state index in [2.05, 4.69) is 5.32 Å². The maximum atomic E-state index is 12.6. The molecule has 0 fully saturated rings. The lowest BCUT2D eigenvalue weighted by molar-refractivity contribution is -0.384. The Kier molecular flexibility index (Phi) is 3.25. The first-order valence-corrected chi connectivity index (χ1v) is 6.69. The molecule has 0 aromatic heterocycles. The first-order valence-electron chi connectivity index (χ1n) is 6.69. The molecule has 0 spiro atoms. The Morgan fingerprint density at radius 3 is 2.17 bits per heavy atom. The average molecular weight is 310 g/mol. The molecule has 1 N–H and O–H groups in total. The van der Waals surface area contributed by atoms with Gasteiger partial charge in [-0.3, -0.25) is 24.5 Å². The number of fused-ring (bicyclic) bond motifs is 2. The number of anilines is 1. The zero-order valence-electron chi connectivity index (χ0n) is 12.0. The van der Waals surface area contributed by atoms with Crippen molar-refractivity contribution in [1.82, 2.24) is 0 Å². The smallest absolute Gasteiger partial charge is 0.304 e. The zero-order chi connectivity index (χ0) is 16.7. The molecular formula is C16H10N2O5. The monoisotopic (exact) mass is 310 g/mol. The number of nitro benzene ring substituents is 1. The molecule has 0 radical (unpaired) electrons. The van der Waals surface area contributed by atoms with Gasteiger partial charge < -0.3 is 5.32 Å². The number of nitrogens with zero attached hydrogens (tertiary/aromatic N) is 1. The van der Waals surface area contributed by atoms with E-state index in [9.17, 15) is 24.5 Å². The highest BCUT2D eigenvalue weighted by molar-refractivity contribution is 6.30. The van der Waals surface area contributed by atoms with Crippen molar-refractivity contribution in [2.45, 2.75) is 6.92 Å². The fourth-order valence-electron chi connectivity index (χ4n) is 2.65. The fraction of sp³-hybridized carbons (Fsp3) is 0.0625. The van der Waals surface area contributed by atoms with E-state index in [-0.39, 0.29) is 27.9 Å². The Bertz CT molecular complexity index is 901. The molecule has 2 aromatic rings. The molecule has 1 amide bonds. The molecule has 0 bridgehead atoms. The molecule has 0 saturated heterocycles. The van der Waals surface area contributed by atoms with Gasteiger partial charge in [0.05, 0.1) is 4.92 Å². The lowest BCUT2D eigenvalue weighted by Crippen LogP contribution is -2.23. The van der Waals surface area contributed by atoms with Crippen molar-refractivity contribution >= 4 is 28.8 Å². The molecule has 0 unspecified atom stereocenters. The summed E-state index contributed by atoms with van der Waals surface area (Å²) in [5, 5.41) is 13.8. The van der Waals surface area contributed by atoms with Gasteiger partial charge in [0.1, 0.15) is 11.3 Å². The second-order valence-corrected chi connectivity index (χ2v) is 5.03. The van der Waals surface area contributed by atoms with Gasteiger partial charge in [-0.25, -0.2) is 0 Å². The Labute approximate surface area is 130 Å². The molecule has 1 aliphatic rings. The fourth-order valence-corrected chi connectivity index (χ4v) is 2.65. The van der Waals surface area contributed by atoms with Gasteiger partial charge in [-0.05, 0) is 12.1 Å². The summed E-state index contributed by atoms with van der Waals surface area (Å²) in [7, 11) is 0. The Morgan fingerprint density at radius 1 is 1.00 bits per heavy atom. The maximum Gasteiger partial charge on any atom is 0.304 e. The van der Waals surface area contributed by atoms with Gasteiger partial charge in [-0.1, -0.05) is 24.3 Å². The van der Waals surface area contributed by atoms with E-state index in [1.54, 1.807) is 12.1 Å². The number of rotatable bonds is 2. The van der Waals surface area contributed by atoms with E-state index >= 15 is 0 Å². The minimum atomic E-state index is -0.761. The van der Waals surface area contributed by atoms with Crippen LogP contribution in [0.2, 0.25) is 0 Å². The second kappa shape index (κ2) is 5.13. The molecule has 0 saturated carbocycles. The van der Waals surface area contributed by atoms with Gasteiger partial charge in [0, 0.05) is 23.6 Å². The third-order valence-electron chi connectivity index (χ3n) is 3.56. The summed E-state index contributed by atoms with van der Waals surface area (Å²) in [6.45, 7) is 1.20. The van der Waals surface area contributed by atoms with Crippen LogP contribution in [-0.4, -0.2) is 22.4 Å². The summed E-state index contributed by atoms with van der Waals surface area (Å²) in [5.74, 6) is -1.56. The van der Waals surface area contributed by atoms with Crippen LogP contribution in [0.15, 0.2) is 36.4 Å². The van der Waals surface area contributed by atoms with Crippen LogP contribution in [0.3, 0.4) is 0 Å². The van der Waals surface area contributed by atoms with Crippen LogP contribution in [0, 0.1) is 10.1 Å². The molecule has 23 heavy (non-hydrogen) atoms. The van der Waals surface area contributed by atoms with Crippen LogP contribution in [-0.2, 0) is 4.79 Å². The summed E-state index contributed by atoms with van der Waals surface area (Å²) in [5.41, 5.74) is -0.661. The normalized spacial score (nSPS) is 12.4. The van der Waals surface area contributed by atoms with Crippen molar-refractivity contribution in [2.24, 2.45) is 0 Å². The van der Waals surface area contributed by atoms with Gasteiger partial charge in [0.2, 0.25) is 11.7 Å². The van der Waals surface area contributed by atoms with Crippen LogP contribution >= 0.6 is 0 Å². The van der Waals surface area contributed by atoms with Crippen LogP contribution in [0.4, 0.5) is 11.4 Å². The van der Waals surface area contributed by atoms with E-state index < -0.39 is 28.1 Å². The third-order valence-corrected chi connectivity index (χ3v) is 3.56. The molecule has 0 heterocycles. The van der Waals surface area contributed by atoms with E-state index in [4.69, 9.17) is 0 Å². The Morgan fingerprint density at radius 2 is 1.61 bits per heavy atom. The average Bonchev–Trinajstić information content (AvgIpc) is 2.51. The highest BCUT2D eigenvalue weighted by atomic mass is 16.6. The van der Waals surface area contributed by atoms with Crippen LogP contribution in [0.1, 0.15) is 38.8 Å². The number of hydrogen-bond acceptors (Lipinski definition) is 5. The summed E-state index contributed by atoms with van der Waals surface area (Å²) in [6, 6.07) is 8.74. The van der Waals surface area contributed by atoms with Crippen molar-refractivity contribution in [1.29, 1.82) is 0 Å². The van der Waals surface area contributed by atoms with Crippen molar-refractivity contribution in [2.75, 3.05) is 5.32 Å². The standard InChI is InChI=1S/C16H10N2O5/c1-8(19)17-12-7-6-11-13(14(12)18(22)23)16(21)10-5-3-2-4-9(10)15(11)20/h2-7H,1H3,(H,17,19). The first-order chi connectivity index (χ1) is 10.9. The van der Waals surface area contributed by atoms with Crippen molar-refractivity contribution in [3.8, 4) is 0 Å². The number of nitro groups is 1. The van der Waals surface area contributed by atoms with Crippen molar-refractivity contribution < 1.29 is 19.3 Å². The molecule has 114 valence electrons. The minimum Gasteiger partial charge on any atom is -0.321 e. The van der Waals surface area contributed by atoms with E-state index in [1.165, 1.54) is 31.2 Å². The van der Waals surface area contributed by atoms with Crippen LogP contribution in [0.25, 0.3) is 0 Å². The summed E-state index contributed by atoms with van der Waals surface area (Å²) in [6.07, 6.45) is 0. The molecule has 7 heteroatoms. The third kappa shape index (κ3) is 2.18. The van der Waals surface area contributed by atoms with Gasteiger partial charge in [0.15, 0.2) is 5.78 Å². The molecule has 1 aliphatic carbocycles. The number of hydrogen-bond donors (Lipinski definition) is 1. The lowest BCUT2D eigenvalue weighted by Gasteiger charge is -2.18. The minimum absolute atomic E-state index is 0.0329. The van der Waals surface area contributed by atoms with Crippen LogP contribution < -0.4 is 5.32 Å². The highest BCUT2D eigenvalue weighted by Gasteiger charge is 2.37. The van der Waals surface area contributed by atoms with Gasteiger partial charge in [0.25, 0.3) is 0 Å². The summed E-state index contributed by atoms with van der Waals surface area (Å²) in [4.78, 5) is 47.0. The molecule has 7 nitrogen and oxygen atoms in total. The zero-order valence-corrected chi connectivity index (χ0v) is 12.0. The quantitative estimate of drug-likeness (QED) is 0.577. The van der Waals surface area contributed by atoms with Gasteiger partial charge >= 0.3 is 5.69 Å². The van der Waals surface area contributed by atoms with Crippen LogP contribution in [0.5, 0.6) is 0 Å². The number of nitrogens with one attached hydrogen (secondary N) is 1.